The average Bonchev–Trinajstić information content (AvgIpc) is 3.21. The molecule has 2 aromatic heterocycles. The lowest BCUT2D eigenvalue weighted by atomic mass is 10.1. The van der Waals surface area contributed by atoms with Crippen molar-refractivity contribution in [3.05, 3.63) is 91.6 Å². The minimum absolute atomic E-state index is 0.571. The number of aromatic nitrogens is 4. The summed E-state index contributed by atoms with van der Waals surface area (Å²) in [5, 5.41) is 3.35. The summed E-state index contributed by atoms with van der Waals surface area (Å²) in [6.45, 7) is 4.63. The molecule has 5 aromatic rings. The predicted octanol–water partition coefficient (Wildman–Crippen LogP) is 6.45. The summed E-state index contributed by atoms with van der Waals surface area (Å²) in [7, 11) is 2.05. The molecule has 1 aliphatic heterocycles. The van der Waals surface area contributed by atoms with E-state index < -0.39 is 0 Å². The van der Waals surface area contributed by atoms with Crippen molar-refractivity contribution in [3.8, 4) is 22.6 Å². The van der Waals surface area contributed by atoms with Crippen molar-refractivity contribution in [3.63, 3.8) is 0 Å². The van der Waals surface area contributed by atoms with E-state index in [4.69, 9.17) is 9.97 Å². The molecule has 0 atom stereocenters. The minimum atomic E-state index is 0.571. The molecule has 0 saturated heterocycles. The monoisotopic (exact) mass is 462 g/mol. The summed E-state index contributed by atoms with van der Waals surface area (Å²) in [6, 6.07) is 24.7. The Kier molecular flexibility index (Phi) is 5.04. The van der Waals surface area contributed by atoms with Gasteiger partial charge in [-0.3, -0.25) is 0 Å². The predicted molar refractivity (Wildman–Crippen MR) is 140 cm³/mol. The number of hydrogen-bond donors (Lipinski definition) is 1. The molecule has 0 bridgehead atoms. The van der Waals surface area contributed by atoms with Crippen molar-refractivity contribution in [2.75, 3.05) is 16.2 Å². The number of nitrogens with zero attached hydrogens (tertiary/aromatic N) is 5. The van der Waals surface area contributed by atoms with Crippen LogP contribution in [0.2, 0.25) is 0 Å². The number of hydrogen-bond acceptors (Lipinski definition) is 6. The van der Waals surface area contributed by atoms with Crippen molar-refractivity contribution in [1.82, 2.24) is 19.5 Å². The number of anilines is 3. The number of para-hydroxylation sites is 3. The number of imidazole rings is 1. The maximum Gasteiger partial charge on any atom is 0.227 e. The summed E-state index contributed by atoms with van der Waals surface area (Å²) in [6.07, 6.45) is 3.79. The lowest BCUT2D eigenvalue weighted by Crippen LogP contribution is -2.19. The van der Waals surface area contributed by atoms with Gasteiger partial charge in [0.25, 0.3) is 0 Å². The van der Waals surface area contributed by atoms with Gasteiger partial charge in [0.05, 0.1) is 27.3 Å². The Morgan fingerprint density at radius 2 is 1.76 bits per heavy atom. The first-order valence-electron chi connectivity index (χ1n) is 11.0. The van der Waals surface area contributed by atoms with Crippen molar-refractivity contribution >= 4 is 40.3 Å². The normalized spacial score (nSPS) is 12.3. The Morgan fingerprint density at radius 1 is 0.971 bits per heavy atom. The van der Waals surface area contributed by atoms with E-state index in [-0.39, 0.29) is 0 Å². The molecule has 34 heavy (non-hydrogen) atoms. The second-order valence-electron chi connectivity index (χ2n) is 8.05. The fraction of sp³-hybridized carbons (Fsp3) is 0.0741. The molecule has 6 rings (SSSR count). The Bertz CT molecular complexity index is 1520. The molecule has 1 aliphatic rings. The molecule has 7 heteroatoms. The third-order valence-corrected chi connectivity index (χ3v) is 6.93. The summed E-state index contributed by atoms with van der Waals surface area (Å²) in [4.78, 5) is 15.2. The SMILES string of the molecule is C=CCN1Sc2cnc(Nc3ccc(-c4nc5ccccc5n4C)cc3)nc2-c2ccccc21. The number of benzene rings is 3. The van der Waals surface area contributed by atoms with Crippen LogP contribution in [0.25, 0.3) is 33.7 Å². The van der Waals surface area contributed by atoms with Crippen molar-refractivity contribution in [2.45, 2.75) is 4.90 Å². The first-order valence-corrected chi connectivity index (χ1v) is 11.8. The molecular weight excluding hydrogens is 440 g/mol. The van der Waals surface area contributed by atoms with Crippen LogP contribution in [0.5, 0.6) is 0 Å². The van der Waals surface area contributed by atoms with Crippen LogP contribution in [0, 0.1) is 0 Å². The second kappa shape index (κ2) is 8.35. The number of fused-ring (bicyclic) bond motifs is 4. The highest BCUT2D eigenvalue weighted by molar-refractivity contribution is 8.00. The first-order chi connectivity index (χ1) is 16.7. The molecule has 0 saturated carbocycles. The van der Waals surface area contributed by atoms with Gasteiger partial charge in [0.1, 0.15) is 5.82 Å². The highest BCUT2D eigenvalue weighted by Crippen LogP contribution is 2.45. The second-order valence-corrected chi connectivity index (χ2v) is 9.11. The van der Waals surface area contributed by atoms with Crippen LogP contribution in [0.4, 0.5) is 17.3 Å². The molecule has 0 fully saturated rings. The van der Waals surface area contributed by atoms with E-state index in [2.05, 4.69) is 56.1 Å². The Hall–Kier alpha value is -4.10. The van der Waals surface area contributed by atoms with Gasteiger partial charge in [-0.2, -0.15) is 0 Å². The van der Waals surface area contributed by atoms with E-state index in [1.165, 1.54) is 0 Å². The lowest BCUT2D eigenvalue weighted by Gasteiger charge is -2.29. The van der Waals surface area contributed by atoms with E-state index in [0.717, 1.165) is 56.5 Å². The first kappa shape index (κ1) is 20.5. The highest BCUT2D eigenvalue weighted by atomic mass is 32.2. The molecule has 3 aromatic carbocycles. The third-order valence-electron chi connectivity index (χ3n) is 5.87. The molecule has 0 amide bonds. The molecule has 0 aliphatic carbocycles. The Balaban J connectivity index is 1.28. The van der Waals surface area contributed by atoms with Crippen LogP contribution in [0.15, 0.2) is 96.5 Å². The fourth-order valence-electron chi connectivity index (χ4n) is 4.24. The van der Waals surface area contributed by atoms with Crippen molar-refractivity contribution in [1.29, 1.82) is 0 Å². The number of aryl methyl sites for hydroxylation is 1. The molecular formula is C27H22N6S. The van der Waals surface area contributed by atoms with Gasteiger partial charge < -0.3 is 14.2 Å². The highest BCUT2D eigenvalue weighted by Gasteiger charge is 2.24. The summed E-state index contributed by atoms with van der Waals surface area (Å²) in [5.74, 6) is 1.51. The van der Waals surface area contributed by atoms with Gasteiger partial charge in [-0.1, -0.05) is 36.4 Å². The standard InChI is InChI=1S/C27H22N6S/c1-3-16-33-22-10-6-4-8-20(22)25-24(34-33)17-28-27(31-25)29-19-14-12-18(13-15-19)26-30-21-9-5-7-11-23(21)32(26)2/h3-15,17H,1,16H2,2H3,(H,28,29,31). The number of rotatable bonds is 5. The van der Waals surface area contributed by atoms with E-state index in [0.29, 0.717) is 5.95 Å². The van der Waals surface area contributed by atoms with Crippen LogP contribution in [-0.2, 0) is 7.05 Å². The molecule has 166 valence electrons. The zero-order valence-corrected chi connectivity index (χ0v) is 19.5. The fourth-order valence-corrected chi connectivity index (χ4v) is 5.26. The molecule has 3 heterocycles. The van der Waals surface area contributed by atoms with E-state index in [9.17, 15) is 0 Å². The van der Waals surface area contributed by atoms with Crippen molar-refractivity contribution in [2.24, 2.45) is 7.05 Å². The summed E-state index contributed by atoms with van der Waals surface area (Å²) >= 11 is 1.64. The van der Waals surface area contributed by atoms with Gasteiger partial charge in [0, 0.05) is 36.6 Å². The summed E-state index contributed by atoms with van der Waals surface area (Å²) in [5.41, 5.74) is 7.27. The topological polar surface area (TPSA) is 58.9 Å². The van der Waals surface area contributed by atoms with Gasteiger partial charge in [0.2, 0.25) is 5.95 Å². The van der Waals surface area contributed by atoms with Crippen molar-refractivity contribution < 1.29 is 0 Å². The van der Waals surface area contributed by atoms with Crippen LogP contribution in [0.1, 0.15) is 0 Å². The largest absolute Gasteiger partial charge is 0.327 e. The van der Waals surface area contributed by atoms with Gasteiger partial charge in [-0.05, 0) is 54.4 Å². The van der Waals surface area contributed by atoms with E-state index >= 15 is 0 Å². The van der Waals surface area contributed by atoms with Gasteiger partial charge in [0.15, 0.2) is 0 Å². The molecule has 0 radical (unpaired) electrons. The lowest BCUT2D eigenvalue weighted by molar-refractivity contribution is 0.959. The number of nitrogens with one attached hydrogen (secondary N) is 1. The Morgan fingerprint density at radius 3 is 2.59 bits per heavy atom. The smallest absolute Gasteiger partial charge is 0.227 e. The third kappa shape index (κ3) is 3.50. The van der Waals surface area contributed by atoms with E-state index in [1.54, 1.807) is 11.9 Å². The maximum absolute atomic E-state index is 4.86. The van der Waals surface area contributed by atoms with Crippen LogP contribution in [0.3, 0.4) is 0 Å². The zero-order valence-electron chi connectivity index (χ0n) is 18.6. The Labute approximate surface area is 202 Å². The molecule has 6 nitrogen and oxygen atoms in total. The summed E-state index contributed by atoms with van der Waals surface area (Å²) < 4.78 is 4.33. The maximum atomic E-state index is 4.86. The van der Waals surface area contributed by atoms with Crippen LogP contribution in [-0.4, -0.2) is 26.1 Å². The quantitative estimate of drug-likeness (QED) is 0.239. The van der Waals surface area contributed by atoms with Gasteiger partial charge >= 0.3 is 0 Å². The van der Waals surface area contributed by atoms with Gasteiger partial charge in [-0.25, -0.2) is 15.0 Å². The van der Waals surface area contributed by atoms with E-state index in [1.807, 2.05) is 61.8 Å². The van der Waals surface area contributed by atoms with Crippen LogP contribution >= 0.6 is 11.9 Å². The van der Waals surface area contributed by atoms with Crippen LogP contribution < -0.4 is 9.62 Å². The zero-order chi connectivity index (χ0) is 23.1. The average molecular weight is 463 g/mol. The van der Waals surface area contributed by atoms with Gasteiger partial charge in [-0.15, -0.1) is 6.58 Å². The molecule has 0 spiro atoms. The molecule has 1 N–H and O–H groups in total. The molecule has 0 unspecified atom stereocenters. The minimum Gasteiger partial charge on any atom is -0.327 e.